The fourth-order valence-corrected chi connectivity index (χ4v) is 4.37. The smallest absolute Gasteiger partial charge is 0.234 e. The van der Waals surface area contributed by atoms with E-state index in [4.69, 9.17) is 5.10 Å². The third kappa shape index (κ3) is 3.09. The van der Waals surface area contributed by atoms with Gasteiger partial charge >= 0.3 is 0 Å². The van der Waals surface area contributed by atoms with E-state index < -0.39 is 5.41 Å². The van der Waals surface area contributed by atoms with E-state index in [9.17, 15) is 9.59 Å². The highest BCUT2D eigenvalue weighted by molar-refractivity contribution is 6.05. The van der Waals surface area contributed by atoms with Crippen LogP contribution >= 0.6 is 0 Å². The lowest BCUT2D eigenvalue weighted by Crippen LogP contribution is -2.30. The number of amides is 2. The van der Waals surface area contributed by atoms with Gasteiger partial charge < -0.3 is 10.6 Å². The van der Waals surface area contributed by atoms with E-state index in [1.807, 2.05) is 41.1 Å². The van der Waals surface area contributed by atoms with E-state index in [0.717, 1.165) is 29.8 Å². The van der Waals surface area contributed by atoms with Gasteiger partial charge in [-0.2, -0.15) is 0 Å². The number of aryl methyl sites for hydroxylation is 1. The van der Waals surface area contributed by atoms with Crippen LogP contribution in [-0.4, -0.2) is 28.1 Å². The lowest BCUT2D eigenvalue weighted by atomic mass is 10.0. The first-order chi connectivity index (χ1) is 14.6. The van der Waals surface area contributed by atoms with Gasteiger partial charge in [-0.3, -0.25) is 9.59 Å². The summed E-state index contributed by atoms with van der Waals surface area (Å²) in [5, 5.41) is 10.4. The van der Waals surface area contributed by atoms with Crippen LogP contribution in [0.15, 0.2) is 60.7 Å². The molecule has 1 unspecified atom stereocenters. The zero-order valence-corrected chi connectivity index (χ0v) is 16.9. The van der Waals surface area contributed by atoms with Crippen molar-refractivity contribution in [3.05, 3.63) is 66.2 Å². The number of para-hydroxylation sites is 1. The molecule has 0 radical (unpaired) electrons. The molecule has 2 aromatic carbocycles. The Morgan fingerprint density at radius 1 is 1.20 bits per heavy atom. The van der Waals surface area contributed by atoms with Crippen molar-refractivity contribution in [2.24, 2.45) is 11.3 Å². The molecule has 5 rings (SSSR count). The molecule has 2 atom stereocenters. The molecule has 0 spiro atoms. The van der Waals surface area contributed by atoms with Gasteiger partial charge in [0.2, 0.25) is 11.8 Å². The van der Waals surface area contributed by atoms with Crippen LogP contribution in [0.5, 0.6) is 0 Å². The predicted octanol–water partition coefficient (Wildman–Crippen LogP) is 3.57. The van der Waals surface area contributed by atoms with Crippen molar-refractivity contribution in [3.8, 4) is 16.9 Å². The maximum atomic E-state index is 12.9. The fourth-order valence-electron chi connectivity index (χ4n) is 4.37. The van der Waals surface area contributed by atoms with Crippen LogP contribution in [0.4, 0.5) is 5.82 Å². The van der Waals surface area contributed by atoms with Crippen molar-refractivity contribution in [1.29, 1.82) is 0 Å². The molecule has 1 aromatic heterocycles. The van der Waals surface area contributed by atoms with Crippen molar-refractivity contribution >= 4 is 17.6 Å². The third-order valence-corrected chi connectivity index (χ3v) is 6.14. The lowest BCUT2D eigenvalue weighted by molar-refractivity contribution is -0.123. The maximum absolute atomic E-state index is 12.9. The summed E-state index contributed by atoms with van der Waals surface area (Å²) in [5.41, 5.74) is 3.57. The number of nitrogens with zero attached hydrogens (tertiary/aromatic N) is 2. The molecule has 152 valence electrons. The minimum absolute atomic E-state index is 0.0200. The Labute approximate surface area is 175 Å². The van der Waals surface area contributed by atoms with Crippen LogP contribution in [-0.2, 0) is 16.0 Å². The van der Waals surface area contributed by atoms with Crippen LogP contribution in [0.2, 0.25) is 0 Å². The molecule has 6 heteroatoms. The fraction of sp³-hybridized carbons (Fsp3) is 0.292. The van der Waals surface area contributed by atoms with Gasteiger partial charge in [-0.1, -0.05) is 49.7 Å². The number of carbonyl (C=O) groups excluding carboxylic acids is 2. The Morgan fingerprint density at radius 3 is 2.73 bits per heavy atom. The number of hydrogen-bond acceptors (Lipinski definition) is 3. The van der Waals surface area contributed by atoms with Gasteiger partial charge in [-0.25, -0.2) is 4.68 Å². The first-order valence-corrected chi connectivity index (χ1v) is 10.4. The highest BCUT2D eigenvalue weighted by atomic mass is 16.2. The van der Waals surface area contributed by atoms with Gasteiger partial charge in [0.15, 0.2) is 5.82 Å². The normalized spacial score (nSPS) is 21.8. The molecule has 2 N–H and O–H groups in total. The number of benzene rings is 2. The minimum Gasteiger partial charge on any atom is -0.355 e. The molecule has 2 fully saturated rings. The quantitative estimate of drug-likeness (QED) is 0.664. The molecule has 1 saturated heterocycles. The zero-order valence-electron chi connectivity index (χ0n) is 16.9. The van der Waals surface area contributed by atoms with Crippen molar-refractivity contribution < 1.29 is 9.59 Å². The summed E-state index contributed by atoms with van der Waals surface area (Å²) in [6.07, 6.45) is 2.72. The minimum atomic E-state index is -0.602. The number of anilines is 1. The molecule has 6 nitrogen and oxygen atoms in total. The third-order valence-electron chi connectivity index (χ3n) is 6.14. The van der Waals surface area contributed by atoms with Gasteiger partial charge in [0.05, 0.1) is 22.7 Å². The van der Waals surface area contributed by atoms with Gasteiger partial charge in [0.1, 0.15) is 0 Å². The molecular formula is C24H24N4O2. The van der Waals surface area contributed by atoms with Crippen molar-refractivity contribution in [2.75, 3.05) is 11.9 Å². The van der Waals surface area contributed by atoms with E-state index in [0.29, 0.717) is 18.8 Å². The van der Waals surface area contributed by atoms with E-state index in [1.165, 1.54) is 5.56 Å². The van der Waals surface area contributed by atoms with Crippen LogP contribution in [0.3, 0.4) is 0 Å². The van der Waals surface area contributed by atoms with Crippen molar-refractivity contribution in [3.63, 3.8) is 0 Å². The summed E-state index contributed by atoms with van der Waals surface area (Å²) in [5.74, 6) is 0.154. The molecule has 3 aromatic rings. The number of nitrogens with one attached hydrogen (secondary N) is 2. The second-order valence-corrected chi connectivity index (χ2v) is 8.20. The van der Waals surface area contributed by atoms with E-state index in [1.54, 1.807) is 0 Å². The summed E-state index contributed by atoms with van der Waals surface area (Å²) in [7, 11) is 0. The molecule has 2 heterocycles. The van der Waals surface area contributed by atoms with Gasteiger partial charge in [0, 0.05) is 18.2 Å². The van der Waals surface area contributed by atoms with Gasteiger partial charge in [-0.15, -0.1) is 5.10 Å². The summed E-state index contributed by atoms with van der Waals surface area (Å²) in [6, 6.07) is 20.2. The number of piperidine rings is 1. The molecule has 1 aliphatic heterocycles. The standard InChI is InChI=1S/C24H24N4O2/c1-2-7-16-8-6-9-17(12-16)20-13-21(27-28(20)18-10-4-3-5-11-18)26-23(30)24-14-19(24)22(29)25-15-24/h3-6,8-13,19H,2,7,14-15H2,1H3,(H,25,29)(H,26,27,30)/t19?,24-/m1/s1. The molecule has 1 aliphatic carbocycles. The highest BCUT2D eigenvalue weighted by Gasteiger charge is 2.67. The Bertz CT molecular complexity index is 1120. The topological polar surface area (TPSA) is 76.0 Å². The van der Waals surface area contributed by atoms with Gasteiger partial charge in [-0.05, 0) is 36.6 Å². The number of aromatic nitrogens is 2. The monoisotopic (exact) mass is 400 g/mol. The molecular weight excluding hydrogens is 376 g/mol. The van der Waals surface area contributed by atoms with Gasteiger partial charge in [0.25, 0.3) is 0 Å². The average molecular weight is 400 g/mol. The molecule has 0 bridgehead atoms. The lowest BCUT2D eigenvalue weighted by Gasteiger charge is -2.10. The molecule has 30 heavy (non-hydrogen) atoms. The van der Waals surface area contributed by atoms with Crippen molar-refractivity contribution in [1.82, 2.24) is 15.1 Å². The Balaban J connectivity index is 1.50. The Kier molecular flexibility index (Phi) is 4.42. The first-order valence-electron chi connectivity index (χ1n) is 10.4. The zero-order chi connectivity index (χ0) is 20.7. The summed E-state index contributed by atoms with van der Waals surface area (Å²) in [4.78, 5) is 24.7. The van der Waals surface area contributed by atoms with Crippen LogP contribution in [0, 0.1) is 11.3 Å². The van der Waals surface area contributed by atoms with Crippen LogP contribution in [0.25, 0.3) is 16.9 Å². The van der Waals surface area contributed by atoms with E-state index in [2.05, 4.69) is 41.8 Å². The SMILES string of the molecule is CCCc1cccc(-c2cc(NC(=O)[C@]34CNC(=O)C3C4)nn2-c2ccccc2)c1. The molecule has 2 amide bonds. The molecule has 1 saturated carbocycles. The number of hydrogen-bond donors (Lipinski definition) is 2. The summed E-state index contributed by atoms with van der Waals surface area (Å²) in [6.45, 7) is 2.58. The summed E-state index contributed by atoms with van der Waals surface area (Å²) >= 11 is 0. The Morgan fingerprint density at radius 2 is 2.03 bits per heavy atom. The maximum Gasteiger partial charge on any atom is 0.234 e. The van der Waals surface area contributed by atoms with E-state index >= 15 is 0 Å². The molecule has 2 aliphatic rings. The number of carbonyl (C=O) groups is 2. The van der Waals surface area contributed by atoms with Crippen LogP contribution in [0.1, 0.15) is 25.3 Å². The average Bonchev–Trinajstić information content (AvgIpc) is 3.23. The largest absolute Gasteiger partial charge is 0.355 e. The first kappa shape index (κ1) is 18.6. The summed E-state index contributed by atoms with van der Waals surface area (Å²) < 4.78 is 1.86. The van der Waals surface area contributed by atoms with Crippen molar-refractivity contribution in [2.45, 2.75) is 26.2 Å². The predicted molar refractivity (Wildman–Crippen MR) is 115 cm³/mol. The second kappa shape index (κ2) is 7.13. The second-order valence-electron chi connectivity index (χ2n) is 8.20. The number of fused-ring (bicyclic) bond motifs is 1. The van der Waals surface area contributed by atoms with E-state index in [-0.39, 0.29) is 17.7 Å². The number of rotatable bonds is 6. The van der Waals surface area contributed by atoms with Crippen LogP contribution < -0.4 is 10.6 Å². The highest BCUT2D eigenvalue weighted by Crippen LogP contribution is 2.56. The Hall–Kier alpha value is -3.41.